The molecule has 2 saturated heterocycles. The third-order valence-electron chi connectivity index (χ3n) is 6.94. The van der Waals surface area contributed by atoms with Crippen molar-refractivity contribution in [2.24, 2.45) is 11.1 Å². The predicted octanol–water partition coefficient (Wildman–Crippen LogP) is 3.25. The van der Waals surface area contributed by atoms with Gasteiger partial charge in [0.25, 0.3) is 0 Å². The molecule has 3 aliphatic heterocycles. The molecule has 0 unspecified atom stereocenters. The van der Waals surface area contributed by atoms with Crippen LogP contribution < -0.4 is 20.1 Å². The number of alkyl halides is 2. The first-order chi connectivity index (χ1) is 15.6. The largest absolute Gasteiger partial charge is 0.586 e. The van der Waals surface area contributed by atoms with Gasteiger partial charge in [-0.05, 0) is 38.8 Å². The van der Waals surface area contributed by atoms with Crippen molar-refractivity contribution in [2.45, 2.75) is 51.7 Å². The van der Waals surface area contributed by atoms with Gasteiger partial charge in [0.05, 0.1) is 35.7 Å². The molecule has 5 rings (SSSR count). The fourth-order valence-corrected chi connectivity index (χ4v) is 5.24. The van der Waals surface area contributed by atoms with Crippen LogP contribution in [0.3, 0.4) is 0 Å². The van der Waals surface area contributed by atoms with Crippen molar-refractivity contribution in [2.75, 3.05) is 24.6 Å². The smallest absolute Gasteiger partial charge is 0.395 e. The summed E-state index contributed by atoms with van der Waals surface area (Å²) < 4.78 is 41.8. The van der Waals surface area contributed by atoms with E-state index in [1.165, 1.54) is 12.1 Å². The molecule has 0 radical (unpaired) electrons. The van der Waals surface area contributed by atoms with E-state index in [2.05, 4.69) is 19.4 Å². The highest BCUT2D eigenvalue weighted by Gasteiger charge is 2.48. The van der Waals surface area contributed by atoms with Crippen LogP contribution in [0.5, 0.6) is 11.5 Å². The lowest BCUT2D eigenvalue weighted by Gasteiger charge is -2.42. The second-order valence-electron chi connectivity index (χ2n) is 8.90. The lowest BCUT2D eigenvalue weighted by Crippen LogP contribution is -2.51. The van der Waals surface area contributed by atoms with E-state index in [1.54, 1.807) is 6.92 Å². The number of aliphatic hydroxyl groups excluding tert-OH is 1. The highest BCUT2D eigenvalue weighted by Crippen LogP contribution is 2.49. The fourth-order valence-electron chi connectivity index (χ4n) is 4.96. The quantitative estimate of drug-likeness (QED) is 0.687. The van der Waals surface area contributed by atoms with Gasteiger partial charge in [-0.15, -0.1) is 8.78 Å². The molecule has 8 nitrogen and oxygen atoms in total. The highest BCUT2D eigenvalue weighted by atomic mass is 35.5. The molecule has 0 amide bonds. The Morgan fingerprint density at radius 1 is 1.24 bits per heavy atom. The maximum absolute atomic E-state index is 13.5. The summed E-state index contributed by atoms with van der Waals surface area (Å²) in [7, 11) is 0. The van der Waals surface area contributed by atoms with Gasteiger partial charge >= 0.3 is 6.29 Å². The average molecular weight is 483 g/mol. The summed E-state index contributed by atoms with van der Waals surface area (Å²) in [6.45, 7) is 5.51. The molecule has 1 spiro atoms. The van der Waals surface area contributed by atoms with Crippen molar-refractivity contribution >= 4 is 17.4 Å². The fraction of sp³-hybridized carbons (Fsp3) is 0.545. The van der Waals surface area contributed by atoms with E-state index in [1.807, 2.05) is 6.92 Å². The monoisotopic (exact) mass is 482 g/mol. The van der Waals surface area contributed by atoms with Crippen LogP contribution in [0.1, 0.15) is 31.2 Å². The number of piperidine rings is 1. The van der Waals surface area contributed by atoms with Crippen molar-refractivity contribution < 1.29 is 28.1 Å². The number of aryl methyl sites for hydroxylation is 1. The third kappa shape index (κ3) is 3.69. The molecular formula is C22H25ClF2N4O4. The van der Waals surface area contributed by atoms with Gasteiger partial charge < -0.3 is 30.0 Å². The lowest BCUT2D eigenvalue weighted by molar-refractivity contribution is -0.286. The van der Waals surface area contributed by atoms with Crippen LogP contribution in [0.4, 0.5) is 14.6 Å². The molecule has 11 heteroatoms. The van der Waals surface area contributed by atoms with E-state index in [0.29, 0.717) is 48.2 Å². The minimum Gasteiger partial charge on any atom is -0.395 e. The SMILES string of the molecule is Cc1nc(N2CCC3(CC2)CO[C@@H](C)[C@H]3N)c(CO)nc1-c1ccc2c(c1Cl)OC(F)(F)O2. The number of nitrogens with two attached hydrogens (primary N) is 1. The summed E-state index contributed by atoms with van der Waals surface area (Å²) in [6, 6.07) is 2.87. The van der Waals surface area contributed by atoms with E-state index >= 15 is 0 Å². The first kappa shape index (κ1) is 22.5. The standard InChI is InChI=1S/C22H25ClF2N4O4/c1-11-17(13-3-4-15-18(16(13)23)33-22(24,25)32-15)28-14(9-30)20(27-11)29-7-5-21(6-8-29)10-31-12(2)19(21)26/h3-4,12,19,30H,5-10,26H2,1-2H3/t12-,19+/m0/s1. The zero-order chi connectivity index (χ0) is 23.5. The maximum Gasteiger partial charge on any atom is 0.586 e. The number of rotatable bonds is 3. The number of halogens is 3. The Morgan fingerprint density at radius 2 is 1.97 bits per heavy atom. The number of benzene rings is 1. The number of aromatic nitrogens is 2. The van der Waals surface area contributed by atoms with Crippen molar-refractivity contribution in [1.29, 1.82) is 0 Å². The topological polar surface area (TPSA) is 103 Å². The van der Waals surface area contributed by atoms with Crippen molar-refractivity contribution in [1.82, 2.24) is 9.97 Å². The molecule has 2 fully saturated rings. The summed E-state index contributed by atoms with van der Waals surface area (Å²) in [6.07, 6.45) is -2.03. The van der Waals surface area contributed by atoms with Crippen LogP contribution in [0, 0.1) is 12.3 Å². The first-order valence-corrected chi connectivity index (χ1v) is 11.2. The maximum atomic E-state index is 13.5. The average Bonchev–Trinajstić information content (AvgIpc) is 3.26. The van der Waals surface area contributed by atoms with Gasteiger partial charge in [0.1, 0.15) is 5.69 Å². The first-order valence-electron chi connectivity index (χ1n) is 10.8. The van der Waals surface area contributed by atoms with Gasteiger partial charge in [0, 0.05) is 30.1 Å². The molecule has 3 N–H and O–H groups in total. The van der Waals surface area contributed by atoms with Crippen LogP contribution >= 0.6 is 11.6 Å². The van der Waals surface area contributed by atoms with Crippen molar-refractivity contribution in [3.8, 4) is 22.8 Å². The summed E-state index contributed by atoms with van der Waals surface area (Å²) in [5.41, 5.74) is 8.04. The van der Waals surface area contributed by atoms with Gasteiger partial charge in [-0.3, -0.25) is 0 Å². The number of hydrogen-bond acceptors (Lipinski definition) is 8. The second kappa shape index (κ2) is 7.90. The number of hydrogen-bond donors (Lipinski definition) is 2. The number of ether oxygens (including phenoxy) is 3. The van der Waals surface area contributed by atoms with Gasteiger partial charge in [-0.25, -0.2) is 9.97 Å². The molecule has 33 heavy (non-hydrogen) atoms. The predicted molar refractivity (Wildman–Crippen MR) is 117 cm³/mol. The normalized spacial score (nSPS) is 25.1. The zero-order valence-electron chi connectivity index (χ0n) is 18.3. The summed E-state index contributed by atoms with van der Waals surface area (Å²) in [4.78, 5) is 11.4. The molecule has 0 saturated carbocycles. The van der Waals surface area contributed by atoms with Crippen LogP contribution in [-0.4, -0.2) is 53.2 Å². The Labute approximate surface area is 194 Å². The lowest BCUT2D eigenvalue weighted by atomic mass is 9.73. The minimum atomic E-state index is -3.78. The van der Waals surface area contributed by atoms with E-state index in [0.717, 1.165) is 12.8 Å². The second-order valence-corrected chi connectivity index (χ2v) is 9.28. The molecule has 4 heterocycles. The Morgan fingerprint density at radius 3 is 2.61 bits per heavy atom. The number of fused-ring (bicyclic) bond motifs is 1. The third-order valence-corrected chi connectivity index (χ3v) is 7.32. The molecule has 1 aromatic carbocycles. The molecule has 178 valence electrons. The molecule has 2 atom stereocenters. The van der Waals surface area contributed by atoms with Gasteiger partial charge in [-0.2, -0.15) is 0 Å². The van der Waals surface area contributed by atoms with Crippen LogP contribution in [-0.2, 0) is 11.3 Å². The molecule has 2 aromatic rings. The molecule has 0 aliphatic carbocycles. The van der Waals surface area contributed by atoms with Crippen LogP contribution in [0.15, 0.2) is 12.1 Å². The molecule has 3 aliphatic rings. The Kier molecular flexibility index (Phi) is 5.39. The van der Waals surface area contributed by atoms with E-state index in [4.69, 9.17) is 27.1 Å². The molecule has 1 aromatic heterocycles. The minimum absolute atomic E-state index is 0.00677. The van der Waals surface area contributed by atoms with E-state index in [-0.39, 0.29) is 40.7 Å². The van der Waals surface area contributed by atoms with Crippen molar-refractivity contribution in [3.05, 3.63) is 28.5 Å². The van der Waals surface area contributed by atoms with Crippen LogP contribution in [0.25, 0.3) is 11.3 Å². The Hall–Kier alpha value is -2.27. The summed E-state index contributed by atoms with van der Waals surface area (Å²) in [5.74, 6) is 0.197. The number of anilines is 1. The van der Waals surface area contributed by atoms with E-state index < -0.39 is 6.29 Å². The van der Waals surface area contributed by atoms with Gasteiger partial charge in [0.2, 0.25) is 0 Å². The van der Waals surface area contributed by atoms with Crippen molar-refractivity contribution in [3.63, 3.8) is 0 Å². The number of aliphatic hydroxyl groups is 1. The van der Waals surface area contributed by atoms with Gasteiger partial charge in [0.15, 0.2) is 17.3 Å². The van der Waals surface area contributed by atoms with Gasteiger partial charge in [-0.1, -0.05) is 11.6 Å². The summed E-state index contributed by atoms with van der Waals surface area (Å²) >= 11 is 6.36. The highest BCUT2D eigenvalue weighted by molar-refractivity contribution is 6.35. The Bertz CT molecular complexity index is 1090. The Balaban J connectivity index is 1.44. The molecule has 0 bridgehead atoms. The zero-order valence-corrected chi connectivity index (χ0v) is 19.0. The van der Waals surface area contributed by atoms with Crippen LogP contribution in [0.2, 0.25) is 5.02 Å². The van der Waals surface area contributed by atoms with E-state index in [9.17, 15) is 13.9 Å². The summed E-state index contributed by atoms with van der Waals surface area (Å²) in [5, 5.41) is 9.99. The number of nitrogens with zero attached hydrogens (tertiary/aromatic N) is 3. The molecular weight excluding hydrogens is 458 g/mol.